The zero-order valence-electron chi connectivity index (χ0n) is 21.0. The summed E-state index contributed by atoms with van der Waals surface area (Å²) in [6.07, 6.45) is 0. The number of hydrogen-bond donors (Lipinski definition) is 0. The Morgan fingerprint density at radius 2 is 0.568 bits per heavy atom. The number of hydrogen-bond acceptors (Lipinski definition) is 0. The van der Waals surface area contributed by atoms with E-state index in [9.17, 15) is 52.7 Å². The lowest BCUT2D eigenvalue weighted by atomic mass is 10.1. The number of nitrogens with zero attached hydrogens (tertiary/aromatic N) is 2. The van der Waals surface area contributed by atoms with Crippen molar-refractivity contribution >= 4 is 43.6 Å². The summed E-state index contributed by atoms with van der Waals surface area (Å²) in [5.41, 5.74) is -2.93. The monoisotopic (exact) mass is 624 g/mol. The van der Waals surface area contributed by atoms with Gasteiger partial charge < -0.3 is 9.13 Å². The van der Waals surface area contributed by atoms with Gasteiger partial charge in [0.15, 0.2) is 69.8 Å². The Labute approximate surface area is 235 Å². The highest BCUT2D eigenvalue weighted by atomic mass is 19.2. The van der Waals surface area contributed by atoms with Gasteiger partial charge in [-0.2, -0.15) is 0 Å². The maximum absolute atomic E-state index is 15.0. The average molecular weight is 624 g/mol. The molecule has 0 bridgehead atoms. The molecule has 0 spiro atoms. The lowest BCUT2D eigenvalue weighted by molar-refractivity contribution is 0.450. The van der Waals surface area contributed by atoms with E-state index in [4.69, 9.17) is 0 Å². The molecule has 0 aliphatic rings. The van der Waals surface area contributed by atoms with Gasteiger partial charge in [0.25, 0.3) is 0 Å². The van der Waals surface area contributed by atoms with Gasteiger partial charge in [-0.1, -0.05) is 6.07 Å². The van der Waals surface area contributed by atoms with Crippen LogP contribution in [-0.4, -0.2) is 9.13 Å². The summed E-state index contributed by atoms with van der Waals surface area (Å²) in [6.45, 7) is 0. The molecule has 0 aliphatic heterocycles. The van der Waals surface area contributed by atoms with Gasteiger partial charge in [-0.05, 0) is 18.2 Å². The van der Waals surface area contributed by atoms with Crippen LogP contribution >= 0.6 is 0 Å². The molecule has 2 nitrogen and oxygen atoms in total. The third-order valence-electron chi connectivity index (χ3n) is 7.38. The smallest absolute Gasteiger partial charge is 0.195 e. The molecular formula is C30H8F12N2. The summed E-state index contributed by atoms with van der Waals surface area (Å²) in [5, 5.41) is -3.85. The first-order valence-corrected chi connectivity index (χ1v) is 12.2. The van der Waals surface area contributed by atoms with Crippen molar-refractivity contribution in [1.82, 2.24) is 9.13 Å². The topological polar surface area (TPSA) is 9.86 Å². The van der Waals surface area contributed by atoms with E-state index in [1.807, 2.05) is 0 Å². The summed E-state index contributed by atoms with van der Waals surface area (Å²) in [4.78, 5) is 0. The van der Waals surface area contributed by atoms with Crippen LogP contribution in [0.5, 0.6) is 0 Å². The second-order valence-electron chi connectivity index (χ2n) is 9.71. The highest BCUT2D eigenvalue weighted by molar-refractivity contribution is 6.11. The van der Waals surface area contributed by atoms with Gasteiger partial charge >= 0.3 is 0 Å². The van der Waals surface area contributed by atoms with Gasteiger partial charge in [0.05, 0.1) is 43.6 Å². The van der Waals surface area contributed by atoms with Crippen molar-refractivity contribution in [2.24, 2.45) is 0 Å². The second kappa shape index (κ2) is 9.18. The Bertz CT molecular complexity index is 2120. The van der Waals surface area contributed by atoms with Crippen LogP contribution in [0.15, 0.2) is 48.5 Å². The average Bonchev–Trinajstić information content (AvgIpc) is 3.48. The first-order valence-electron chi connectivity index (χ1n) is 12.2. The van der Waals surface area contributed by atoms with Gasteiger partial charge in [0.1, 0.15) is 0 Å². The highest BCUT2D eigenvalue weighted by Crippen LogP contribution is 2.41. The lowest BCUT2D eigenvalue weighted by Gasteiger charge is -2.13. The predicted octanol–water partition coefficient (Wildman–Crippen LogP) is 9.55. The number of benzene rings is 5. The van der Waals surface area contributed by atoms with Crippen LogP contribution in [0.25, 0.3) is 55.0 Å². The normalized spacial score (nSPS) is 12.1. The third-order valence-corrected chi connectivity index (χ3v) is 7.38. The maximum Gasteiger partial charge on any atom is 0.195 e. The summed E-state index contributed by atoms with van der Waals surface area (Å²) in [6, 6.07) is 6.34. The van der Waals surface area contributed by atoms with E-state index in [-0.39, 0.29) is 11.4 Å². The van der Waals surface area contributed by atoms with Crippen molar-refractivity contribution in [2.45, 2.75) is 0 Å². The Balaban J connectivity index is 1.63. The first-order chi connectivity index (χ1) is 20.8. The van der Waals surface area contributed by atoms with E-state index in [1.54, 1.807) is 0 Å². The van der Waals surface area contributed by atoms with Crippen molar-refractivity contribution in [3.8, 4) is 11.4 Å². The number of halogens is 12. The summed E-state index contributed by atoms with van der Waals surface area (Å²) in [7, 11) is 0. The second-order valence-corrected chi connectivity index (χ2v) is 9.71. The fraction of sp³-hybridized carbons (Fsp3) is 0. The van der Waals surface area contributed by atoms with E-state index in [1.165, 1.54) is 18.2 Å². The molecule has 7 rings (SSSR count). The van der Waals surface area contributed by atoms with Crippen LogP contribution in [0.2, 0.25) is 0 Å². The standard InChI is InChI=1S/C30H8F12N2/c31-11-5-15-19(27(39)23(11)35)20-16(6-12(32)24(36)28(20)40)43(15)9-2-1-3-10(4-9)44-17-7-13(33)25(37)29(41)21(17)22-18(44)8-14(34)26(38)30(22)42/h1-8H. The molecule has 5 aromatic carbocycles. The molecule has 0 fully saturated rings. The molecule has 0 aliphatic carbocycles. The minimum atomic E-state index is -2.03. The molecule has 0 N–H and O–H groups in total. The van der Waals surface area contributed by atoms with Crippen LogP contribution in [0.3, 0.4) is 0 Å². The molecule has 222 valence electrons. The molecule has 7 aromatic rings. The third kappa shape index (κ3) is 3.47. The Hall–Kier alpha value is -5.14. The fourth-order valence-electron chi connectivity index (χ4n) is 5.57. The predicted molar refractivity (Wildman–Crippen MR) is 135 cm³/mol. The number of fused-ring (bicyclic) bond motifs is 6. The van der Waals surface area contributed by atoms with Crippen molar-refractivity contribution in [3.05, 3.63) is 118 Å². The summed E-state index contributed by atoms with van der Waals surface area (Å²) < 4.78 is 176. The van der Waals surface area contributed by atoms with Crippen molar-refractivity contribution in [1.29, 1.82) is 0 Å². The largest absolute Gasteiger partial charge is 0.309 e. The number of aromatic nitrogens is 2. The van der Waals surface area contributed by atoms with Gasteiger partial charge in [-0.15, -0.1) is 0 Å². The van der Waals surface area contributed by atoms with Gasteiger partial charge in [-0.3, -0.25) is 0 Å². The Morgan fingerprint density at radius 3 is 0.818 bits per heavy atom. The van der Waals surface area contributed by atoms with Crippen LogP contribution < -0.4 is 0 Å². The molecule has 0 unspecified atom stereocenters. The SMILES string of the molecule is Fc1cc2c(c(F)c1F)c1c(F)c(F)c(F)cc1n2-c1cccc(-n2c3cc(F)c(F)c(F)c3c3c(F)c(F)c(F)cc32)c1. The number of rotatable bonds is 2. The Kier molecular flexibility index (Phi) is 5.77. The van der Waals surface area contributed by atoms with Crippen molar-refractivity contribution in [2.75, 3.05) is 0 Å². The van der Waals surface area contributed by atoms with Gasteiger partial charge in [0, 0.05) is 35.6 Å². The zero-order chi connectivity index (χ0) is 31.5. The molecular weight excluding hydrogens is 616 g/mol. The van der Waals surface area contributed by atoms with E-state index < -0.39 is 113 Å². The van der Waals surface area contributed by atoms with Crippen molar-refractivity contribution in [3.63, 3.8) is 0 Å². The zero-order valence-corrected chi connectivity index (χ0v) is 21.0. The molecule has 0 saturated heterocycles. The molecule has 14 heteroatoms. The van der Waals surface area contributed by atoms with Gasteiger partial charge in [-0.25, -0.2) is 52.7 Å². The van der Waals surface area contributed by atoms with Crippen LogP contribution in [-0.2, 0) is 0 Å². The summed E-state index contributed by atoms with van der Waals surface area (Å²) >= 11 is 0. The Morgan fingerprint density at radius 1 is 0.318 bits per heavy atom. The van der Waals surface area contributed by atoms with Crippen LogP contribution in [0.4, 0.5) is 52.7 Å². The van der Waals surface area contributed by atoms with Gasteiger partial charge in [0.2, 0.25) is 0 Å². The minimum absolute atomic E-state index is 0.237. The molecule has 0 radical (unpaired) electrons. The molecule has 2 aromatic heterocycles. The summed E-state index contributed by atoms with van der Waals surface area (Å²) in [5.74, 6) is -22.8. The molecule has 2 heterocycles. The molecule has 0 amide bonds. The van der Waals surface area contributed by atoms with Crippen LogP contribution in [0, 0.1) is 69.8 Å². The van der Waals surface area contributed by atoms with E-state index in [0.29, 0.717) is 24.3 Å². The van der Waals surface area contributed by atoms with E-state index in [0.717, 1.165) is 15.2 Å². The lowest BCUT2D eigenvalue weighted by Crippen LogP contribution is -2.01. The molecule has 0 atom stereocenters. The quantitative estimate of drug-likeness (QED) is 0.134. The van der Waals surface area contributed by atoms with Crippen molar-refractivity contribution < 1.29 is 52.7 Å². The first kappa shape index (κ1) is 27.7. The maximum atomic E-state index is 15.0. The highest BCUT2D eigenvalue weighted by Gasteiger charge is 2.29. The fourth-order valence-corrected chi connectivity index (χ4v) is 5.57. The molecule has 44 heavy (non-hydrogen) atoms. The van der Waals surface area contributed by atoms with Crippen LogP contribution in [0.1, 0.15) is 0 Å². The molecule has 0 saturated carbocycles. The minimum Gasteiger partial charge on any atom is -0.309 e. The van der Waals surface area contributed by atoms with E-state index in [2.05, 4.69) is 0 Å². The van der Waals surface area contributed by atoms with E-state index >= 15 is 0 Å².